The molecule has 0 unspecified atom stereocenters. The van der Waals surface area contributed by atoms with Crippen LogP contribution in [0.25, 0.3) is 0 Å². The van der Waals surface area contributed by atoms with Crippen molar-refractivity contribution in [3.63, 3.8) is 0 Å². The molecule has 1 amide bonds. The second-order valence-corrected chi connectivity index (χ2v) is 2.79. The molecule has 5 nitrogen and oxygen atoms in total. The first-order chi connectivity index (χ1) is 6.74. The highest BCUT2D eigenvalue weighted by Crippen LogP contribution is 1.88. The van der Waals surface area contributed by atoms with Crippen LogP contribution in [0.3, 0.4) is 0 Å². The maximum Gasteiger partial charge on any atom is 0.267 e. The fraction of sp³-hybridized carbons (Fsp3) is 0.333. The van der Waals surface area contributed by atoms with E-state index in [0.29, 0.717) is 13.1 Å². The summed E-state index contributed by atoms with van der Waals surface area (Å²) in [7, 11) is 1.80. The predicted molar refractivity (Wildman–Crippen MR) is 53.3 cm³/mol. The van der Waals surface area contributed by atoms with Gasteiger partial charge in [-0.2, -0.15) is 0 Å². The standard InChI is InChI=1S/C9H13N3O2/c1-10-5-6-11-9(14)7-3-2-4-8(13)12-7/h2-4,10H,5-6H2,1H3,(H,11,14)(H,12,13). The van der Waals surface area contributed by atoms with Crippen LogP contribution in [0.15, 0.2) is 23.0 Å². The third kappa shape index (κ3) is 3.02. The zero-order chi connectivity index (χ0) is 10.4. The van der Waals surface area contributed by atoms with Gasteiger partial charge in [0.05, 0.1) is 0 Å². The molecular formula is C9H13N3O2. The maximum absolute atomic E-state index is 11.4. The lowest BCUT2D eigenvalue weighted by Crippen LogP contribution is -2.31. The molecule has 76 valence electrons. The van der Waals surface area contributed by atoms with Gasteiger partial charge in [0.1, 0.15) is 5.69 Å². The lowest BCUT2D eigenvalue weighted by Gasteiger charge is -2.03. The summed E-state index contributed by atoms with van der Waals surface area (Å²) < 4.78 is 0. The lowest BCUT2D eigenvalue weighted by atomic mass is 10.3. The van der Waals surface area contributed by atoms with E-state index >= 15 is 0 Å². The number of aromatic nitrogens is 1. The average molecular weight is 195 g/mol. The second-order valence-electron chi connectivity index (χ2n) is 2.79. The molecule has 0 radical (unpaired) electrons. The number of rotatable bonds is 4. The summed E-state index contributed by atoms with van der Waals surface area (Å²) in [6.45, 7) is 1.23. The number of aromatic amines is 1. The van der Waals surface area contributed by atoms with Gasteiger partial charge in [-0.1, -0.05) is 6.07 Å². The minimum absolute atomic E-state index is 0.266. The average Bonchev–Trinajstić information content (AvgIpc) is 2.18. The molecule has 5 heteroatoms. The Morgan fingerprint density at radius 2 is 2.21 bits per heavy atom. The lowest BCUT2D eigenvalue weighted by molar-refractivity contribution is 0.0949. The van der Waals surface area contributed by atoms with Crippen molar-refractivity contribution in [2.24, 2.45) is 0 Å². The molecule has 0 bridgehead atoms. The number of likely N-dealkylation sites (N-methyl/N-ethyl adjacent to an activating group) is 1. The van der Waals surface area contributed by atoms with Crippen molar-refractivity contribution in [2.75, 3.05) is 20.1 Å². The molecule has 0 aliphatic heterocycles. The quantitative estimate of drug-likeness (QED) is 0.557. The van der Waals surface area contributed by atoms with Gasteiger partial charge in [-0.05, 0) is 13.1 Å². The van der Waals surface area contributed by atoms with Crippen molar-refractivity contribution in [3.05, 3.63) is 34.2 Å². The third-order valence-electron chi connectivity index (χ3n) is 1.67. The molecule has 0 saturated carbocycles. The smallest absolute Gasteiger partial charge is 0.267 e. The summed E-state index contributed by atoms with van der Waals surface area (Å²) in [6, 6.07) is 4.48. The van der Waals surface area contributed by atoms with Crippen LogP contribution in [-0.2, 0) is 0 Å². The minimum Gasteiger partial charge on any atom is -0.349 e. The van der Waals surface area contributed by atoms with Crippen LogP contribution in [0.2, 0.25) is 0 Å². The van der Waals surface area contributed by atoms with Gasteiger partial charge < -0.3 is 15.6 Å². The maximum atomic E-state index is 11.4. The zero-order valence-electron chi connectivity index (χ0n) is 7.96. The van der Waals surface area contributed by atoms with Crippen LogP contribution in [0, 0.1) is 0 Å². The zero-order valence-corrected chi connectivity index (χ0v) is 7.96. The number of H-pyrrole nitrogens is 1. The number of carbonyl (C=O) groups is 1. The summed E-state index contributed by atoms with van der Waals surface area (Å²) in [6.07, 6.45) is 0. The molecule has 0 aliphatic carbocycles. The highest BCUT2D eigenvalue weighted by molar-refractivity contribution is 5.92. The highest BCUT2D eigenvalue weighted by atomic mass is 16.2. The van der Waals surface area contributed by atoms with E-state index in [4.69, 9.17) is 0 Å². The van der Waals surface area contributed by atoms with Crippen LogP contribution in [0.4, 0.5) is 0 Å². The fourth-order valence-electron chi connectivity index (χ4n) is 0.977. The summed E-state index contributed by atoms with van der Waals surface area (Å²) in [4.78, 5) is 24.7. The predicted octanol–water partition coefficient (Wildman–Crippen LogP) is -0.676. The number of carbonyl (C=O) groups excluding carboxylic acids is 1. The molecule has 0 aromatic carbocycles. The molecule has 1 heterocycles. The number of nitrogens with one attached hydrogen (secondary N) is 3. The van der Waals surface area contributed by atoms with Crippen LogP contribution < -0.4 is 16.2 Å². The summed E-state index contributed by atoms with van der Waals surface area (Å²) in [5, 5.41) is 5.55. The van der Waals surface area contributed by atoms with Gasteiger partial charge in [0, 0.05) is 19.2 Å². The first-order valence-corrected chi connectivity index (χ1v) is 4.36. The second kappa shape index (κ2) is 5.18. The van der Waals surface area contributed by atoms with Crippen molar-refractivity contribution < 1.29 is 4.79 Å². The van der Waals surface area contributed by atoms with Gasteiger partial charge in [-0.15, -0.1) is 0 Å². The molecule has 0 spiro atoms. The number of hydrogen-bond donors (Lipinski definition) is 3. The highest BCUT2D eigenvalue weighted by Gasteiger charge is 2.03. The van der Waals surface area contributed by atoms with Crippen molar-refractivity contribution in [2.45, 2.75) is 0 Å². The van der Waals surface area contributed by atoms with Crippen LogP contribution in [-0.4, -0.2) is 31.0 Å². The molecule has 0 fully saturated rings. The van der Waals surface area contributed by atoms with Crippen LogP contribution in [0.5, 0.6) is 0 Å². The first-order valence-electron chi connectivity index (χ1n) is 4.36. The van der Waals surface area contributed by atoms with E-state index in [1.165, 1.54) is 6.07 Å². The van der Waals surface area contributed by atoms with Crippen molar-refractivity contribution in [1.29, 1.82) is 0 Å². The summed E-state index contributed by atoms with van der Waals surface area (Å²) in [5.74, 6) is -0.266. The molecule has 0 saturated heterocycles. The molecule has 0 atom stereocenters. The van der Waals surface area contributed by atoms with E-state index in [0.717, 1.165) is 0 Å². The fourth-order valence-corrected chi connectivity index (χ4v) is 0.977. The van der Waals surface area contributed by atoms with E-state index in [2.05, 4.69) is 15.6 Å². The minimum atomic E-state index is -0.272. The van der Waals surface area contributed by atoms with Gasteiger partial charge in [-0.25, -0.2) is 0 Å². The van der Waals surface area contributed by atoms with Crippen LogP contribution >= 0.6 is 0 Å². The van der Waals surface area contributed by atoms with Gasteiger partial charge in [0.2, 0.25) is 5.56 Å². The van der Waals surface area contributed by atoms with Crippen molar-refractivity contribution in [3.8, 4) is 0 Å². The van der Waals surface area contributed by atoms with E-state index < -0.39 is 0 Å². The number of amides is 1. The summed E-state index contributed by atoms with van der Waals surface area (Å²) >= 11 is 0. The summed E-state index contributed by atoms with van der Waals surface area (Å²) in [5.41, 5.74) is 0.0138. The normalized spacial score (nSPS) is 9.79. The molecule has 14 heavy (non-hydrogen) atoms. The Bertz CT molecular complexity index is 359. The Morgan fingerprint density at radius 1 is 1.43 bits per heavy atom. The molecule has 1 rings (SSSR count). The molecule has 3 N–H and O–H groups in total. The van der Waals surface area contributed by atoms with Gasteiger partial charge in [0.15, 0.2) is 0 Å². The topological polar surface area (TPSA) is 74.0 Å². The Labute approximate surface area is 81.5 Å². The Hall–Kier alpha value is -1.62. The van der Waals surface area contributed by atoms with E-state index in [1.807, 2.05) is 0 Å². The van der Waals surface area contributed by atoms with Crippen LogP contribution in [0.1, 0.15) is 10.5 Å². The monoisotopic (exact) mass is 195 g/mol. The largest absolute Gasteiger partial charge is 0.349 e. The van der Waals surface area contributed by atoms with E-state index in [1.54, 1.807) is 19.2 Å². The third-order valence-corrected chi connectivity index (χ3v) is 1.67. The number of hydrogen-bond acceptors (Lipinski definition) is 3. The molecule has 1 aromatic heterocycles. The van der Waals surface area contributed by atoms with Gasteiger partial charge in [0.25, 0.3) is 5.91 Å². The first kappa shape index (κ1) is 10.5. The van der Waals surface area contributed by atoms with E-state index in [-0.39, 0.29) is 17.2 Å². The van der Waals surface area contributed by atoms with Gasteiger partial charge in [-0.3, -0.25) is 9.59 Å². The Morgan fingerprint density at radius 3 is 2.86 bits per heavy atom. The SMILES string of the molecule is CNCCNC(=O)c1cccc(=O)[nH]1. The van der Waals surface area contributed by atoms with Crippen molar-refractivity contribution in [1.82, 2.24) is 15.6 Å². The van der Waals surface area contributed by atoms with Gasteiger partial charge >= 0.3 is 0 Å². The Balaban J connectivity index is 2.56. The van der Waals surface area contributed by atoms with Crippen molar-refractivity contribution >= 4 is 5.91 Å². The number of pyridine rings is 1. The van der Waals surface area contributed by atoms with E-state index in [9.17, 15) is 9.59 Å². The molecule has 0 aliphatic rings. The molecular weight excluding hydrogens is 182 g/mol. The molecule has 1 aromatic rings. The Kier molecular flexibility index (Phi) is 3.87.